The highest BCUT2D eigenvalue weighted by atomic mass is 32.1. The van der Waals surface area contributed by atoms with Crippen LogP contribution in [0.25, 0.3) is 0 Å². The van der Waals surface area contributed by atoms with E-state index in [0.717, 1.165) is 12.6 Å². The van der Waals surface area contributed by atoms with Gasteiger partial charge in [-0.3, -0.25) is 0 Å². The topological polar surface area (TPSA) is 12.0 Å². The monoisotopic (exact) mass is 237 g/mol. The molecule has 16 heavy (non-hydrogen) atoms. The molecule has 0 aromatic carbocycles. The highest BCUT2D eigenvalue weighted by molar-refractivity contribution is 7.10. The van der Waals surface area contributed by atoms with Crippen LogP contribution in [0.15, 0.2) is 11.4 Å². The number of rotatable bonds is 4. The molecule has 1 fully saturated rings. The third-order valence-electron chi connectivity index (χ3n) is 3.63. The van der Waals surface area contributed by atoms with E-state index in [2.05, 4.69) is 23.7 Å². The zero-order valence-corrected chi connectivity index (χ0v) is 11.1. The number of hydrogen-bond donors (Lipinski definition) is 1. The van der Waals surface area contributed by atoms with Gasteiger partial charge in [0.1, 0.15) is 0 Å². The molecule has 1 aliphatic carbocycles. The standard InChI is InChI=1S/C14H23NS/c1-2-12-9-10-16-14(12)11-15-13-7-5-3-4-6-8-13/h9-10,13,15H,2-8,11H2,1H3. The summed E-state index contributed by atoms with van der Waals surface area (Å²) in [5, 5.41) is 5.97. The summed E-state index contributed by atoms with van der Waals surface area (Å²) in [6, 6.07) is 3.05. The Balaban J connectivity index is 1.81. The molecule has 2 heteroatoms. The molecule has 1 nitrogen and oxygen atoms in total. The van der Waals surface area contributed by atoms with Crippen molar-refractivity contribution in [1.82, 2.24) is 5.32 Å². The van der Waals surface area contributed by atoms with Crippen LogP contribution in [-0.4, -0.2) is 6.04 Å². The molecule has 1 saturated carbocycles. The van der Waals surface area contributed by atoms with Gasteiger partial charge in [-0.2, -0.15) is 0 Å². The molecular weight excluding hydrogens is 214 g/mol. The van der Waals surface area contributed by atoms with Crippen LogP contribution >= 0.6 is 11.3 Å². The molecule has 0 unspecified atom stereocenters. The molecule has 0 atom stereocenters. The second-order valence-corrected chi connectivity index (χ2v) is 5.79. The SMILES string of the molecule is CCc1ccsc1CNC1CCCCCC1. The Morgan fingerprint density at radius 2 is 2.00 bits per heavy atom. The van der Waals surface area contributed by atoms with Crippen molar-refractivity contribution < 1.29 is 0 Å². The van der Waals surface area contributed by atoms with Crippen molar-refractivity contribution in [2.24, 2.45) is 0 Å². The molecular formula is C14H23NS. The minimum absolute atomic E-state index is 0.773. The molecule has 1 N–H and O–H groups in total. The summed E-state index contributed by atoms with van der Waals surface area (Å²) < 4.78 is 0. The van der Waals surface area contributed by atoms with Gasteiger partial charge in [0.15, 0.2) is 0 Å². The van der Waals surface area contributed by atoms with Crippen molar-refractivity contribution >= 4 is 11.3 Å². The zero-order chi connectivity index (χ0) is 11.2. The molecule has 0 amide bonds. The van der Waals surface area contributed by atoms with E-state index >= 15 is 0 Å². The van der Waals surface area contributed by atoms with Crippen LogP contribution in [0.4, 0.5) is 0 Å². The van der Waals surface area contributed by atoms with Crippen molar-refractivity contribution in [1.29, 1.82) is 0 Å². The van der Waals surface area contributed by atoms with Gasteiger partial charge in [-0.05, 0) is 36.3 Å². The van der Waals surface area contributed by atoms with Gasteiger partial charge in [0.05, 0.1) is 0 Å². The molecule has 90 valence electrons. The molecule has 0 bridgehead atoms. The largest absolute Gasteiger partial charge is 0.309 e. The molecule has 1 aromatic heterocycles. The number of hydrogen-bond acceptors (Lipinski definition) is 2. The Morgan fingerprint density at radius 1 is 1.25 bits per heavy atom. The molecule has 1 aliphatic rings. The van der Waals surface area contributed by atoms with Crippen LogP contribution < -0.4 is 5.32 Å². The van der Waals surface area contributed by atoms with Crippen LogP contribution in [0.2, 0.25) is 0 Å². The van der Waals surface area contributed by atoms with Gasteiger partial charge in [-0.15, -0.1) is 11.3 Å². The first-order valence-corrected chi connectivity index (χ1v) is 7.56. The van der Waals surface area contributed by atoms with Gasteiger partial charge in [0, 0.05) is 17.5 Å². The lowest BCUT2D eigenvalue weighted by molar-refractivity contribution is 0.460. The Labute approximate surface area is 103 Å². The van der Waals surface area contributed by atoms with Crippen molar-refractivity contribution in [2.45, 2.75) is 64.5 Å². The van der Waals surface area contributed by atoms with E-state index in [1.165, 1.54) is 50.5 Å². The number of aryl methyl sites for hydroxylation is 1. The zero-order valence-electron chi connectivity index (χ0n) is 10.3. The second-order valence-electron chi connectivity index (χ2n) is 4.79. The lowest BCUT2D eigenvalue weighted by Crippen LogP contribution is -2.27. The van der Waals surface area contributed by atoms with Crippen LogP contribution in [-0.2, 0) is 13.0 Å². The summed E-state index contributed by atoms with van der Waals surface area (Å²) in [5.41, 5.74) is 1.53. The number of nitrogens with one attached hydrogen (secondary N) is 1. The lowest BCUT2D eigenvalue weighted by atomic mass is 10.1. The fourth-order valence-corrected chi connectivity index (χ4v) is 3.48. The van der Waals surface area contributed by atoms with Crippen molar-refractivity contribution in [3.05, 3.63) is 21.9 Å². The van der Waals surface area contributed by atoms with E-state index in [1.54, 1.807) is 4.88 Å². The third kappa shape index (κ3) is 3.33. The maximum atomic E-state index is 3.75. The summed E-state index contributed by atoms with van der Waals surface area (Å²) in [6.45, 7) is 3.34. The molecule has 1 heterocycles. The van der Waals surface area contributed by atoms with E-state index in [0.29, 0.717) is 0 Å². The fourth-order valence-electron chi connectivity index (χ4n) is 2.56. The first-order chi connectivity index (χ1) is 7.90. The lowest BCUT2D eigenvalue weighted by Gasteiger charge is -2.16. The summed E-state index contributed by atoms with van der Waals surface area (Å²) in [4.78, 5) is 1.55. The van der Waals surface area contributed by atoms with Crippen molar-refractivity contribution in [2.75, 3.05) is 0 Å². The Hall–Kier alpha value is -0.340. The molecule has 0 saturated heterocycles. The van der Waals surface area contributed by atoms with Gasteiger partial charge in [0.25, 0.3) is 0 Å². The summed E-state index contributed by atoms with van der Waals surface area (Å²) in [6.07, 6.45) is 9.66. The highest BCUT2D eigenvalue weighted by Gasteiger charge is 2.12. The Morgan fingerprint density at radius 3 is 2.69 bits per heavy atom. The van der Waals surface area contributed by atoms with Gasteiger partial charge in [-0.25, -0.2) is 0 Å². The smallest absolute Gasteiger partial charge is 0.0305 e. The van der Waals surface area contributed by atoms with Gasteiger partial charge in [-0.1, -0.05) is 32.6 Å². The molecule has 2 rings (SSSR count). The predicted molar refractivity (Wildman–Crippen MR) is 72.0 cm³/mol. The van der Waals surface area contributed by atoms with Crippen LogP contribution in [0.5, 0.6) is 0 Å². The maximum absolute atomic E-state index is 3.75. The summed E-state index contributed by atoms with van der Waals surface area (Å²) >= 11 is 1.91. The minimum Gasteiger partial charge on any atom is -0.309 e. The summed E-state index contributed by atoms with van der Waals surface area (Å²) in [5.74, 6) is 0. The minimum atomic E-state index is 0.773. The summed E-state index contributed by atoms with van der Waals surface area (Å²) in [7, 11) is 0. The van der Waals surface area contributed by atoms with Crippen molar-refractivity contribution in [3.63, 3.8) is 0 Å². The van der Waals surface area contributed by atoms with E-state index in [4.69, 9.17) is 0 Å². The average molecular weight is 237 g/mol. The fraction of sp³-hybridized carbons (Fsp3) is 0.714. The third-order valence-corrected chi connectivity index (χ3v) is 4.59. The van der Waals surface area contributed by atoms with Crippen LogP contribution in [0.3, 0.4) is 0 Å². The van der Waals surface area contributed by atoms with Crippen LogP contribution in [0.1, 0.15) is 55.9 Å². The molecule has 0 radical (unpaired) electrons. The first kappa shape index (κ1) is 12.1. The number of thiophene rings is 1. The molecule has 0 aliphatic heterocycles. The van der Waals surface area contributed by atoms with Crippen molar-refractivity contribution in [3.8, 4) is 0 Å². The Kier molecular flexibility index (Phi) is 4.86. The molecule has 0 spiro atoms. The molecule has 1 aromatic rings. The van der Waals surface area contributed by atoms with Gasteiger partial charge in [0.2, 0.25) is 0 Å². The Bertz CT molecular complexity index is 297. The average Bonchev–Trinajstić information content (AvgIpc) is 2.60. The van der Waals surface area contributed by atoms with E-state index in [9.17, 15) is 0 Å². The predicted octanol–water partition coefficient (Wildman–Crippen LogP) is 4.12. The van der Waals surface area contributed by atoms with E-state index in [-0.39, 0.29) is 0 Å². The highest BCUT2D eigenvalue weighted by Crippen LogP contribution is 2.20. The van der Waals surface area contributed by atoms with E-state index < -0.39 is 0 Å². The normalized spacial score (nSPS) is 18.6. The second kappa shape index (κ2) is 6.41. The quantitative estimate of drug-likeness (QED) is 0.777. The first-order valence-electron chi connectivity index (χ1n) is 6.68. The van der Waals surface area contributed by atoms with Crippen LogP contribution in [0, 0.1) is 0 Å². The van der Waals surface area contributed by atoms with E-state index in [1.807, 2.05) is 11.3 Å². The van der Waals surface area contributed by atoms with Gasteiger partial charge < -0.3 is 5.32 Å². The maximum Gasteiger partial charge on any atom is 0.0305 e. The van der Waals surface area contributed by atoms with Gasteiger partial charge >= 0.3 is 0 Å².